The highest BCUT2D eigenvalue weighted by Crippen LogP contribution is 2.22. The van der Waals surface area contributed by atoms with Gasteiger partial charge in [0, 0.05) is 31.3 Å². The Bertz CT molecular complexity index is 915. The van der Waals surface area contributed by atoms with Crippen LogP contribution in [-0.2, 0) is 21.3 Å². The van der Waals surface area contributed by atoms with Gasteiger partial charge in [-0.3, -0.25) is 4.79 Å². The fraction of sp³-hybridized carbons (Fsp3) is 0.444. The number of nitrogens with one attached hydrogen (secondary N) is 1. The molecule has 27 heavy (non-hydrogen) atoms. The van der Waals surface area contributed by atoms with Gasteiger partial charge in [-0.15, -0.1) is 0 Å². The Morgan fingerprint density at radius 1 is 1.26 bits per heavy atom. The highest BCUT2D eigenvalue weighted by Gasteiger charge is 2.32. The normalized spacial score (nSPS) is 21.1. The van der Waals surface area contributed by atoms with Crippen molar-refractivity contribution < 1.29 is 17.9 Å². The van der Waals surface area contributed by atoms with Crippen molar-refractivity contribution >= 4 is 21.7 Å². The Morgan fingerprint density at radius 2 is 1.96 bits per heavy atom. The molecular formula is C18H24N4O4S. The van der Waals surface area contributed by atoms with Crippen molar-refractivity contribution in [3.05, 3.63) is 42.1 Å². The maximum atomic E-state index is 13.0. The van der Waals surface area contributed by atoms with Crippen LogP contribution >= 0.6 is 0 Å². The number of carbonyl (C=O) groups is 1. The van der Waals surface area contributed by atoms with Gasteiger partial charge < -0.3 is 10.1 Å². The van der Waals surface area contributed by atoms with Crippen molar-refractivity contribution in [1.82, 2.24) is 14.1 Å². The molecule has 1 aromatic heterocycles. The van der Waals surface area contributed by atoms with E-state index in [1.165, 1.54) is 16.4 Å². The average molecular weight is 392 g/mol. The molecular weight excluding hydrogens is 368 g/mol. The van der Waals surface area contributed by atoms with Gasteiger partial charge in [0.25, 0.3) is 5.91 Å². The van der Waals surface area contributed by atoms with Crippen LogP contribution in [0.1, 0.15) is 31.1 Å². The predicted octanol–water partition coefficient (Wildman–Crippen LogP) is 1.95. The topological polar surface area (TPSA) is 93.5 Å². The van der Waals surface area contributed by atoms with Crippen LogP contribution in [0.5, 0.6) is 0 Å². The first kappa shape index (κ1) is 19.5. The minimum absolute atomic E-state index is 0.0976. The van der Waals surface area contributed by atoms with E-state index in [1.807, 2.05) is 20.8 Å². The minimum atomic E-state index is -3.70. The number of aromatic nitrogens is 2. The van der Waals surface area contributed by atoms with E-state index in [9.17, 15) is 13.2 Å². The molecule has 2 aromatic rings. The van der Waals surface area contributed by atoms with Crippen molar-refractivity contribution in [3.63, 3.8) is 0 Å². The number of amides is 1. The smallest absolute Gasteiger partial charge is 0.256 e. The van der Waals surface area contributed by atoms with Gasteiger partial charge in [-0.25, -0.2) is 13.1 Å². The molecule has 1 aromatic carbocycles. The number of nitrogens with zero attached hydrogens (tertiary/aromatic N) is 3. The van der Waals surface area contributed by atoms with E-state index in [2.05, 4.69) is 10.4 Å². The fourth-order valence-corrected chi connectivity index (χ4v) is 4.79. The van der Waals surface area contributed by atoms with Crippen molar-refractivity contribution in [1.29, 1.82) is 0 Å². The third-order valence-electron chi connectivity index (χ3n) is 4.38. The summed E-state index contributed by atoms with van der Waals surface area (Å²) in [6.07, 6.45) is 1.24. The zero-order valence-electron chi connectivity index (χ0n) is 15.6. The molecule has 1 saturated heterocycles. The standard InChI is InChI=1S/C18H24N4O4S/c1-4-22-17(8-9-19-22)20-18(23)15-6-5-7-16(10-15)27(24,25)21-11-13(2)26-14(3)12-21/h5-10,13-14H,4,11-12H2,1-3H3,(H,20,23)/t13-,14-/m1/s1. The van der Waals surface area contributed by atoms with Gasteiger partial charge in [0.2, 0.25) is 10.0 Å². The third kappa shape index (κ3) is 4.20. The van der Waals surface area contributed by atoms with Crippen LogP contribution in [0.15, 0.2) is 41.4 Å². The first-order valence-electron chi connectivity index (χ1n) is 8.90. The molecule has 2 atom stereocenters. The third-order valence-corrected chi connectivity index (χ3v) is 6.21. The lowest BCUT2D eigenvalue weighted by molar-refractivity contribution is -0.0440. The predicted molar refractivity (Wildman–Crippen MR) is 101 cm³/mol. The van der Waals surface area contributed by atoms with Crippen LogP contribution in [0.2, 0.25) is 0 Å². The largest absolute Gasteiger partial charge is 0.373 e. The molecule has 146 valence electrons. The number of hydrogen-bond acceptors (Lipinski definition) is 5. The molecule has 0 radical (unpaired) electrons. The van der Waals surface area contributed by atoms with Gasteiger partial charge in [-0.1, -0.05) is 6.07 Å². The maximum absolute atomic E-state index is 13.0. The number of carbonyl (C=O) groups excluding carboxylic acids is 1. The lowest BCUT2D eigenvalue weighted by Crippen LogP contribution is -2.48. The molecule has 2 heterocycles. The fourth-order valence-electron chi connectivity index (χ4n) is 3.15. The number of hydrogen-bond donors (Lipinski definition) is 1. The van der Waals surface area contributed by atoms with E-state index in [0.29, 0.717) is 25.5 Å². The van der Waals surface area contributed by atoms with Crippen LogP contribution in [0.4, 0.5) is 5.82 Å². The molecule has 0 bridgehead atoms. The second-order valence-corrected chi connectivity index (χ2v) is 8.53. The van der Waals surface area contributed by atoms with Gasteiger partial charge in [0.15, 0.2) is 0 Å². The van der Waals surface area contributed by atoms with Gasteiger partial charge in [-0.05, 0) is 39.0 Å². The Balaban J connectivity index is 1.83. The summed E-state index contributed by atoms with van der Waals surface area (Å²) in [4.78, 5) is 12.7. The molecule has 9 heteroatoms. The van der Waals surface area contributed by atoms with Crippen LogP contribution < -0.4 is 5.32 Å². The summed E-state index contributed by atoms with van der Waals surface area (Å²) in [5.41, 5.74) is 0.272. The molecule has 1 N–H and O–H groups in total. The summed E-state index contributed by atoms with van der Waals surface area (Å²) >= 11 is 0. The van der Waals surface area contributed by atoms with Crippen LogP contribution in [0, 0.1) is 0 Å². The van der Waals surface area contributed by atoms with Crippen LogP contribution in [0.3, 0.4) is 0 Å². The summed E-state index contributed by atoms with van der Waals surface area (Å²) in [5, 5.41) is 6.86. The number of rotatable bonds is 5. The second kappa shape index (κ2) is 7.79. The van der Waals surface area contributed by atoms with Crippen molar-refractivity contribution in [2.24, 2.45) is 0 Å². The van der Waals surface area contributed by atoms with Gasteiger partial charge in [0.05, 0.1) is 23.3 Å². The number of benzene rings is 1. The Morgan fingerprint density at radius 3 is 2.63 bits per heavy atom. The first-order chi connectivity index (χ1) is 12.8. The number of morpholine rings is 1. The van der Waals surface area contributed by atoms with Crippen molar-refractivity contribution in [2.45, 2.75) is 44.4 Å². The second-order valence-electron chi connectivity index (χ2n) is 6.59. The van der Waals surface area contributed by atoms with E-state index in [4.69, 9.17) is 4.74 Å². The lowest BCUT2D eigenvalue weighted by atomic mass is 10.2. The van der Waals surface area contributed by atoms with Gasteiger partial charge in [0.1, 0.15) is 5.82 Å². The van der Waals surface area contributed by atoms with Gasteiger partial charge in [-0.2, -0.15) is 9.40 Å². The summed E-state index contributed by atoms with van der Waals surface area (Å²) in [7, 11) is -3.70. The summed E-state index contributed by atoms with van der Waals surface area (Å²) < 4.78 is 34.7. The number of aryl methyl sites for hydroxylation is 1. The number of ether oxygens (including phenoxy) is 1. The van der Waals surface area contributed by atoms with Crippen LogP contribution in [0.25, 0.3) is 0 Å². The molecule has 3 rings (SSSR count). The molecule has 1 amide bonds. The van der Waals surface area contributed by atoms with E-state index in [1.54, 1.807) is 29.1 Å². The van der Waals surface area contributed by atoms with Crippen molar-refractivity contribution in [3.8, 4) is 0 Å². The summed E-state index contributed by atoms with van der Waals surface area (Å²) in [5.74, 6) is 0.178. The molecule has 1 aliphatic heterocycles. The molecule has 1 aliphatic rings. The zero-order valence-corrected chi connectivity index (χ0v) is 16.4. The number of sulfonamides is 1. The number of anilines is 1. The monoisotopic (exact) mass is 392 g/mol. The Hall–Kier alpha value is -2.23. The Labute approximate surface area is 159 Å². The molecule has 0 spiro atoms. The van der Waals surface area contributed by atoms with Gasteiger partial charge >= 0.3 is 0 Å². The first-order valence-corrected chi connectivity index (χ1v) is 10.3. The molecule has 0 saturated carbocycles. The van der Waals surface area contributed by atoms with Crippen molar-refractivity contribution in [2.75, 3.05) is 18.4 Å². The molecule has 8 nitrogen and oxygen atoms in total. The summed E-state index contributed by atoms with van der Waals surface area (Å²) in [6, 6.07) is 7.77. The highest BCUT2D eigenvalue weighted by atomic mass is 32.2. The van der Waals surface area contributed by atoms with E-state index < -0.39 is 10.0 Å². The van der Waals surface area contributed by atoms with E-state index in [0.717, 1.165) is 0 Å². The molecule has 0 unspecified atom stereocenters. The van der Waals surface area contributed by atoms with Crippen LogP contribution in [-0.4, -0.2) is 53.7 Å². The average Bonchev–Trinajstić information content (AvgIpc) is 3.08. The zero-order chi connectivity index (χ0) is 19.6. The Kier molecular flexibility index (Phi) is 5.64. The maximum Gasteiger partial charge on any atom is 0.256 e. The minimum Gasteiger partial charge on any atom is -0.373 e. The molecule has 1 fully saturated rings. The highest BCUT2D eigenvalue weighted by molar-refractivity contribution is 7.89. The quantitative estimate of drug-likeness (QED) is 0.839. The summed E-state index contributed by atoms with van der Waals surface area (Å²) in [6.45, 7) is 6.81. The van der Waals surface area contributed by atoms with E-state index >= 15 is 0 Å². The molecule has 0 aliphatic carbocycles. The SMILES string of the molecule is CCn1nccc1NC(=O)c1cccc(S(=O)(=O)N2C[C@@H](C)O[C@H](C)C2)c1. The van der Waals surface area contributed by atoms with E-state index in [-0.39, 0.29) is 28.6 Å². The lowest BCUT2D eigenvalue weighted by Gasteiger charge is -2.34.